The molecule has 2 amide bonds. The Bertz CT molecular complexity index is 566. The quantitative estimate of drug-likeness (QED) is 0.792. The largest absolute Gasteiger partial charge is 0.352 e. The molecule has 2 rings (SSSR count). The van der Waals surface area contributed by atoms with Crippen LogP contribution in [-0.4, -0.2) is 24.4 Å². The lowest BCUT2D eigenvalue weighted by Gasteiger charge is -2.23. The first-order chi connectivity index (χ1) is 12.0. The van der Waals surface area contributed by atoms with Crippen molar-refractivity contribution >= 4 is 11.8 Å². The molecular weight excluding hydrogens is 319 g/mol. The number of carbonyl (C=O) groups excluding carboxylic acids is 2. The lowest BCUT2D eigenvalue weighted by molar-refractivity contribution is -0.126. The Labute approximate surface area is 149 Å². The molecule has 0 heterocycles. The average molecular weight is 348 g/mol. The van der Waals surface area contributed by atoms with Gasteiger partial charge in [0.25, 0.3) is 0 Å². The standard InChI is InChI=1S/C20H29FN2O2/c1-14(2)18(15-8-10-16(21)11-9-15)12-19(24)22-13-20(25)23-17-6-4-3-5-7-17/h8-11,14,17-18H,3-7,12-13H2,1-2H3,(H,22,24)(H,23,25). The zero-order chi connectivity index (χ0) is 18.2. The van der Waals surface area contributed by atoms with Gasteiger partial charge in [-0.05, 0) is 42.4 Å². The van der Waals surface area contributed by atoms with E-state index in [-0.39, 0.29) is 42.1 Å². The van der Waals surface area contributed by atoms with E-state index in [4.69, 9.17) is 0 Å². The van der Waals surface area contributed by atoms with Crippen LogP contribution in [0.1, 0.15) is 63.9 Å². The van der Waals surface area contributed by atoms with E-state index in [0.29, 0.717) is 6.42 Å². The number of hydrogen-bond acceptors (Lipinski definition) is 2. The van der Waals surface area contributed by atoms with Gasteiger partial charge in [0.1, 0.15) is 5.82 Å². The number of halogens is 1. The van der Waals surface area contributed by atoms with Gasteiger partial charge in [0, 0.05) is 12.5 Å². The van der Waals surface area contributed by atoms with E-state index in [2.05, 4.69) is 10.6 Å². The second-order valence-corrected chi connectivity index (χ2v) is 7.29. The minimum Gasteiger partial charge on any atom is -0.352 e. The van der Waals surface area contributed by atoms with Crippen molar-refractivity contribution in [3.05, 3.63) is 35.6 Å². The summed E-state index contributed by atoms with van der Waals surface area (Å²) in [5, 5.41) is 5.71. The Morgan fingerprint density at radius 3 is 2.32 bits per heavy atom. The molecule has 0 saturated heterocycles. The van der Waals surface area contributed by atoms with E-state index < -0.39 is 0 Å². The maximum Gasteiger partial charge on any atom is 0.239 e. The van der Waals surface area contributed by atoms with Gasteiger partial charge in [-0.3, -0.25) is 9.59 Å². The molecule has 1 aromatic rings. The molecule has 1 saturated carbocycles. The van der Waals surface area contributed by atoms with Gasteiger partial charge in [0.05, 0.1) is 6.54 Å². The maximum atomic E-state index is 13.1. The van der Waals surface area contributed by atoms with Gasteiger partial charge >= 0.3 is 0 Å². The van der Waals surface area contributed by atoms with Crippen molar-refractivity contribution in [2.75, 3.05) is 6.54 Å². The molecule has 0 aromatic heterocycles. The smallest absolute Gasteiger partial charge is 0.239 e. The summed E-state index contributed by atoms with van der Waals surface area (Å²) in [6.45, 7) is 4.09. The Hall–Kier alpha value is -1.91. The first kappa shape index (κ1) is 19.4. The molecule has 138 valence electrons. The van der Waals surface area contributed by atoms with Crippen LogP contribution < -0.4 is 10.6 Å². The highest BCUT2D eigenvalue weighted by molar-refractivity contribution is 5.85. The molecule has 1 aliphatic carbocycles. The lowest BCUT2D eigenvalue weighted by atomic mass is 9.85. The number of nitrogens with one attached hydrogen (secondary N) is 2. The second kappa shape index (κ2) is 9.54. The van der Waals surface area contributed by atoms with Crippen LogP contribution >= 0.6 is 0 Å². The van der Waals surface area contributed by atoms with Crippen LogP contribution in [0.15, 0.2) is 24.3 Å². The monoisotopic (exact) mass is 348 g/mol. The molecule has 1 atom stereocenters. The molecule has 1 unspecified atom stereocenters. The summed E-state index contributed by atoms with van der Waals surface area (Å²) in [5.41, 5.74) is 0.943. The van der Waals surface area contributed by atoms with Crippen LogP contribution in [-0.2, 0) is 9.59 Å². The molecular formula is C20H29FN2O2. The summed E-state index contributed by atoms with van der Waals surface area (Å²) in [6, 6.07) is 6.54. The Morgan fingerprint density at radius 2 is 1.72 bits per heavy atom. The van der Waals surface area contributed by atoms with Gasteiger partial charge in [-0.15, -0.1) is 0 Å². The summed E-state index contributed by atoms with van der Waals surface area (Å²) in [7, 11) is 0. The van der Waals surface area contributed by atoms with Crippen molar-refractivity contribution in [2.45, 2.75) is 64.3 Å². The first-order valence-corrected chi connectivity index (χ1v) is 9.27. The third-order valence-electron chi connectivity index (χ3n) is 4.92. The minimum absolute atomic E-state index is 0.00186. The molecule has 1 fully saturated rings. The van der Waals surface area contributed by atoms with Crippen LogP contribution in [0.5, 0.6) is 0 Å². The van der Waals surface area contributed by atoms with Crippen molar-refractivity contribution in [3.63, 3.8) is 0 Å². The van der Waals surface area contributed by atoms with Crippen LogP contribution in [0.3, 0.4) is 0 Å². The van der Waals surface area contributed by atoms with Crippen molar-refractivity contribution < 1.29 is 14.0 Å². The van der Waals surface area contributed by atoms with Gasteiger partial charge in [-0.1, -0.05) is 45.2 Å². The summed E-state index contributed by atoms with van der Waals surface area (Å²) in [4.78, 5) is 24.2. The fourth-order valence-corrected chi connectivity index (χ4v) is 3.42. The van der Waals surface area contributed by atoms with Crippen LogP contribution in [0.4, 0.5) is 4.39 Å². The number of benzene rings is 1. The molecule has 1 aliphatic rings. The third-order valence-corrected chi connectivity index (χ3v) is 4.92. The molecule has 0 radical (unpaired) electrons. The van der Waals surface area contributed by atoms with E-state index in [0.717, 1.165) is 31.2 Å². The van der Waals surface area contributed by atoms with Gasteiger partial charge in [-0.2, -0.15) is 0 Å². The third kappa shape index (κ3) is 6.48. The number of carbonyl (C=O) groups is 2. The summed E-state index contributed by atoms with van der Waals surface area (Å²) < 4.78 is 13.1. The highest BCUT2D eigenvalue weighted by atomic mass is 19.1. The Balaban J connectivity index is 1.80. The zero-order valence-corrected chi connectivity index (χ0v) is 15.2. The summed E-state index contributed by atoms with van der Waals surface area (Å²) in [6.07, 6.45) is 5.90. The highest BCUT2D eigenvalue weighted by Gasteiger charge is 2.21. The number of amides is 2. The number of rotatable bonds is 7. The second-order valence-electron chi connectivity index (χ2n) is 7.29. The minimum atomic E-state index is -0.282. The fraction of sp³-hybridized carbons (Fsp3) is 0.600. The number of hydrogen-bond donors (Lipinski definition) is 2. The van der Waals surface area contributed by atoms with Crippen LogP contribution in [0.2, 0.25) is 0 Å². The van der Waals surface area contributed by atoms with Crippen LogP contribution in [0.25, 0.3) is 0 Å². The molecule has 5 heteroatoms. The van der Waals surface area contributed by atoms with E-state index in [1.807, 2.05) is 13.8 Å². The van der Waals surface area contributed by atoms with Crippen molar-refractivity contribution in [3.8, 4) is 0 Å². The van der Waals surface area contributed by atoms with Crippen molar-refractivity contribution in [1.82, 2.24) is 10.6 Å². The maximum absolute atomic E-state index is 13.1. The topological polar surface area (TPSA) is 58.2 Å². The molecule has 25 heavy (non-hydrogen) atoms. The summed E-state index contributed by atoms with van der Waals surface area (Å²) in [5.74, 6) is -0.311. The highest BCUT2D eigenvalue weighted by Crippen LogP contribution is 2.28. The molecule has 0 aliphatic heterocycles. The van der Waals surface area contributed by atoms with Gasteiger partial charge in [0.15, 0.2) is 0 Å². The Kier molecular flexibility index (Phi) is 7.41. The predicted octanol–water partition coefficient (Wildman–Crippen LogP) is 3.52. The zero-order valence-electron chi connectivity index (χ0n) is 15.2. The normalized spacial score (nSPS) is 16.5. The molecule has 0 bridgehead atoms. The molecule has 4 nitrogen and oxygen atoms in total. The van der Waals surface area contributed by atoms with Crippen molar-refractivity contribution in [2.24, 2.45) is 5.92 Å². The summed E-state index contributed by atoms with van der Waals surface area (Å²) >= 11 is 0. The molecule has 2 N–H and O–H groups in total. The predicted molar refractivity (Wildman–Crippen MR) is 96.6 cm³/mol. The van der Waals surface area contributed by atoms with E-state index >= 15 is 0 Å². The SMILES string of the molecule is CC(C)C(CC(=O)NCC(=O)NC1CCCCC1)c1ccc(F)cc1. The van der Waals surface area contributed by atoms with E-state index in [1.54, 1.807) is 12.1 Å². The fourth-order valence-electron chi connectivity index (χ4n) is 3.42. The van der Waals surface area contributed by atoms with Gasteiger partial charge < -0.3 is 10.6 Å². The van der Waals surface area contributed by atoms with E-state index in [1.165, 1.54) is 18.6 Å². The van der Waals surface area contributed by atoms with Gasteiger partial charge in [-0.25, -0.2) is 4.39 Å². The molecule has 1 aromatic carbocycles. The van der Waals surface area contributed by atoms with Crippen LogP contribution in [0, 0.1) is 11.7 Å². The Morgan fingerprint density at radius 1 is 1.08 bits per heavy atom. The first-order valence-electron chi connectivity index (χ1n) is 9.27. The van der Waals surface area contributed by atoms with E-state index in [9.17, 15) is 14.0 Å². The van der Waals surface area contributed by atoms with Gasteiger partial charge in [0.2, 0.25) is 11.8 Å². The average Bonchev–Trinajstić information content (AvgIpc) is 2.59. The lowest BCUT2D eigenvalue weighted by Crippen LogP contribution is -2.42. The molecule has 0 spiro atoms. The van der Waals surface area contributed by atoms with Crippen molar-refractivity contribution in [1.29, 1.82) is 0 Å².